The first-order chi connectivity index (χ1) is 18.7. The fourth-order valence-corrected chi connectivity index (χ4v) is 4.16. The van der Waals surface area contributed by atoms with Crippen molar-refractivity contribution in [3.8, 4) is 5.75 Å². The minimum absolute atomic E-state index is 0.0133. The lowest BCUT2D eigenvalue weighted by Crippen LogP contribution is -2.42. The van der Waals surface area contributed by atoms with Crippen molar-refractivity contribution in [1.82, 2.24) is 15.0 Å². The number of carbonyl (C=O) groups is 2. The summed E-state index contributed by atoms with van der Waals surface area (Å²) in [5.74, 6) is -3.70. The highest BCUT2D eigenvalue weighted by Gasteiger charge is 2.38. The Morgan fingerprint density at radius 3 is 2.30 bits per heavy atom. The molecule has 0 spiro atoms. The molecule has 1 atom stereocenters. The largest absolute Gasteiger partial charge is 0.493 e. The van der Waals surface area contributed by atoms with E-state index in [1.54, 1.807) is 24.3 Å². The van der Waals surface area contributed by atoms with Crippen LogP contribution in [0.15, 0.2) is 57.1 Å². The van der Waals surface area contributed by atoms with Crippen LogP contribution in [0.4, 0.5) is 13.2 Å². The number of hydrogen-bond acceptors (Lipinski definition) is 10. The molecule has 218 valence electrons. The van der Waals surface area contributed by atoms with Crippen molar-refractivity contribution in [3.63, 3.8) is 0 Å². The Hall–Kier alpha value is -4.65. The lowest BCUT2D eigenvalue weighted by atomic mass is 10.1. The number of aliphatic carboxylic acids is 2. The van der Waals surface area contributed by atoms with Crippen LogP contribution in [-0.4, -0.2) is 72.3 Å². The van der Waals surface area contributed by atoms with Crippen molar-refractivity contribution in [2.45, 2.75) is 30.0 Å². The first-order valence-corrected chi connectivity index (χ1v) is 12.4. The van der Waals surface area contributed by atoms with Gasteiger partial charge in [-0.1, -0.05) is 18.2 Å². The molecular weight excluding hydrogens is 569 g/mol. The van der Waals surface area contributed by atoms with Gasteiger partial charge in [0.1, 0.15) is 28.8 Å². The molecular formula is C21H23F3N6O9S. The molecule has 0 aliphatic heterocycles. The van der Waals surface area contributed by atoms with Crippen LogP contribution in [0.1, 0.15) is 12.0 Å². The maximum absolute atomic E-state index is 12.8. The fraction of sp³-hybridized carbons (Fsp3) is 0.286. The van der Waals surface area contributed by atoms with E-state index in [1.165, 1.54) is 18.2 Å². The van der Waals surface area contributed by atoms with Crippen LogP contribution in [0.25, 0.3) is 11.0 Å². The lowest BCUT2D eigenvalue weighted by Gasteiger charge is -2.15. The number of oxime groups is 1. The highest BCUT2D eigenvalue weighted by atomic mass is 32.2. The zero-order chi connectivity index (χ0) is 29.9. The number of nitrogens with one attached hydrogen (secondary N) is 1. The molecule has 3 rings (SSSR count). The monoisotopic (exact) mass is 592 g/mol. The van der Waals surface area contributed by atoms with Crippen molar-refractivity contribution >= 4 is 39.0 Å². The average molecular weight is 593 g/mol. The summed E-state index contributed by atoms with van der Waals surface area (Å²) >= 11 is 0. The van der Waals surface area contributed by atoms with Crippen LogP contribution >= 0.6 is 0 Å². The Labute approximate surface area is 223 Å². The Morgan fingerprint density at radius 2 is 1.73 bits per heavy atom. The Morgan fingerprint density at radius 1 is 1.07 bits per heavy atom. The van der Waals surface area contributed by atoms with Crippen LogP contribution in [-0.2, 0) is 30.9 Å². The third-order valence-electron chi connectivity index (χ3n) is 4.56. The summed E-state index contributed by atoms with van der Waals surface area (Å²) in [5, 5.41) is 27.3. The van der Waals surface area contributed by atoms with E-state index in [2.05, 4.69) is 24.8 Å². The molecule has 2 aromatic carbocycles. The highest BCUT2D eigenvalue weighted by molar-refractivity contribution is 7.89. The third kappa shape index (κ3) is 9.91. The van der Waals surface area contributed by atoms with Gasteiger partial charge in [0.15, 0.2) is 5.52 Å². The van der Waals surface area contributed by atoms with Crippen molar-refractivity contribution in [2.24, 2.45) is 16.6 Å². The number of hydrogen-bond donors (Lipinski definition) is 5. The number of alkyl halides is 3. The molecule has 15 nitrogen and oxygen atoms in total. The van der Waals surface area contributed by atoms with E-state index in [0.717, 1.165) is 0 Å². The standard InChI is InChI=1S/C19H22N6O7S.C2HF3O2/c20-19(21)24-31-10-2-9-30-13-7-5-12(6-8-13)11-15(18(26)27)25-33(28,29)16-4-1-3-14-17(16)23-32-22-14;3-2(4,5)1(6)7/h1,3-8,15,25H,2,9-11H2,(H,26,27)(H4,20,21,24);(H,6,7)/t15-;/m0./s1. The van der Waals surface area contributed by atoms with Crippen LogP contribution in [0, 0.1) is 0 Å². The second-order valence-electron chi connectivity index (χ2n) is 7.60. The number of nitrogens with zero attached hydrogens (tertiary/aromatic N) is 3. The van der Waals surface area contributed by atoms with E-state index in [-0.39, 0.29) is 34.9 Å². The van der Waals surface area contributed by atoms with Gasteiger partial charge in [-0.05, 0) is 51.7 Å². The van der Waals surface area contributed by atoms with Gasteiger partial charge in [0.2, 0.25) is 16.0 Å². The number of sulfonamides is 1. The van der Waals surface area contributed by atoms with E-state index in [9.17, 15) is 31.5 Å². The number of carboxylic acid groups (broad SMARTS) is 2. The summed E-state index contributed by atoms with van der Waals surface area (Å²) in [6, 6.07) is 9.48. The average Bonchev–Trinajstić information content (AvgIpc) is 3.35. The topological polar surface area (TPSA) is 243 Å². The zero-order valence-electron chi connectivity index (χ0n) is 20.2. The predicted octanol–water partition coefficient (Wildman–Crippen LogP) is 0.804. The van der Waals surface area contributed by atoms with Crippen LogP contribution in [0.3, 0.4) is 0 Å². The molecule has 40 heavy (non-hydrogen) atoms. The summed E-state index contributed by atoms with van der Waals surface area (Å²) < 4.78 is 69.7. The molecule has 0 radical (unpaired) electrons. The maximum atomic E-state index is 12.8. The SMILES string of the molecule is NC(N)=NOCCCOc1ccc(C[C@H](NS(=O)(=O)c2cccc3nonc23)C(=O)O)cc1.O=C(O)C(F)(F)F. The summed E-state index contributed by atoms with van der Waals surface area (Å²) in [4.78, 5) is 25.2. The predicted molar refractivity (Wildman–Crippen MR) is 129 cm³/mol. The van der Waals surface area contributed by atoms with Crippen molar-refractivity contribution < 1.29 is 55.6 Å². The minimum Gasteiger partial charge on any atom is -0.493 e. The van der Waals surface area contributed by atoms with Gasteiger partial charge in [-0.3, -0.25) is 4.79 Å². The number of fused-ring (bicyclic) bond motifs is 1. The van der Waals surface area contributed by atoms with Gasteiger partial charge in [-0.25, -0.2) is 17.8 Å². The van der Waals surface area contributed by atoms with E-state index in [4.69, 9.17) is 30.9 Å². The second-order valence-corrected chi connectivity index (χ2v) is 9.28. The molecule has 0 unspecified atom stereocenters. The first kappa shape index (κ1) is 31.6. The molecule has 0 saturated carbocycles. The van der Waals surface area contributed by atoms with E-state index >= 15 is 0 Å². The number of aromatic nitrogens is 2. The molecule has 0 saturated heterocycles. The molecule has 1 heterocycles. The summed E-state index contributed by atoms with van der Waals surface area (Å²) in [7, 11) is -4.21. The van der Waals surface area contributed by atoms with Crippen LogP contribution in [0.2, 0.25) is 0 Å². The van der Waals surface area contributed by atoms with E-state index < -0.39 is 34.2 Å². The minimum atomic E-state index is -5.08. The summed E-state index contributed by atoms with van der Waals surface area (Å²) in [5.41, 5.74) is 11.1. The van der Waals surface area contributed by atoms with Crippen molar-refractivity contribution in [1.29, 1.82) is 0 Å². The number of benzene rings is 2. The van der Waals surface area contributed by atoms with Gasteiger partial charge in [-0.15, -0.1) is 0 Å². The van der Waals surface area contributed by atoms with Crippen LogP contribution < -0.4 is 20.9 Å². The lowest BCUT2D eigenvalue weighted by molar-refractivity contribution is -0.192. The normalized spacial score (nSPS) is 12.1. The Kier molecular flexibility index (Phi) is 11.0. The molecule has 0 aliphatic carbocycles. The van der Waals surface area contributed by atoms with Gasteiger partial charge < -0.3 is 31.3 Å². The van der Waals surface area contributed by atoms with Gasteiger partial charge >= 0.3 is 18.1 Å². The van der Waals surface area contributed by atoms with E-state index in [0.29, 0.717) is 24.3 Å². The van der Waals surface area contributed by atoms with Gasteiger partial charge in [0.05, 0.1) is 6.61 Å². The van der Waals surface area contributed by atoms with Gasteiger partial charge in [0.25, 0.3) is 0 Å². The first-order valence-electron chi connectivity index (χ1n) is 10.9. The Balaban J connectivity index is 0.000000708. The van der Waals surface area contributed by atoms with Gasteiger partial charge in [-0.2, -0.15) is 17.9 Å². The zero-order valence-corrected chi connectivity index (χ0v) is 21.1. The van der Waals surface area contributed by atoms with Crippen molar-refractivity contribution in [3.05, 3.63) is 48.0 Å². The molecule has 7 N–H and O–H groups in total. The Bertz CT molecular complexity index is 1430. The van der Waals surface area contributed by atoms with Crippen molar-refractivity contribution in [2.75, 3.05) is 13.2 Å². The molecule has 0 aliphatic rings. The van der Waals surface area contributed by atoms with Gasteiger partial charge in [0, 0.05) is 6.42 Å². The van der Waals surface area contributed by atoms with E-state index in [1.807, 2.05) is 0 Å². The second kappa shape index (κ2) is 13.9. The summed E-state index contributed by atoms with van der Waals surface area (Å²) in [6.07, 6.45) is -4.64. The number of guanidine groups is 1. The molecule has 3 aromatic rings. The summed E-state index contributed by atoms with van der Waals surface area (Å²) in [6.45, 7) is 0.619. The molecule has 0 amide bonds. The number of halogens is 3. The quantitative estimate of drug-likeness (QED) is 0.0847. The molecule has 0 bridgehead atoms. The molecule has 19 heteroatoms. The molecule has 1 aromatic heterocycles. The number of ether oxygens (including phenoxy) is 1. The number of nitrogens with two attached hydrogens (primary N) is 2. The highest BCUT2D eigenvalue weighted by Crippen LogP contribution is 2.21. The number of rotatable bonds is 12. The fourth-order valence-electron chi connectivity index (χ4n) is 2.82. The number of carboxylic acids is 2. The maximum Gasteiger partial charge on any atom is 0.490 e. The smallest absolute Gasteiger partial charge is 0.490 e. The van der Waals surface area contributed by atoms with Crippen LogP contribution in [0.5, 0.6) is 5.75 Å². The molecule has 0 fully saturated rings. The third-order valence-corrected chi connectivity index (χ3v) is 6.06.